The first-order valence-corrected chi connectivity index (χ1v) is 12.5. The minimum Gasteiger partial charge on any atom is -0.512 e. The number of benzene rings is 2. The van der Waals surface area contributed by atoms with Crippen LogP contribution in [0.25, 0.3) is 5.57 Å². The summed E-state index contributed by atoms with van der Waals surface area (Å²) < 4.78 is 11.5. The maximum Gasteiger partial charge on any atom is 0.310 e. The van der Waals surface area contributed by atoms with E-state index in [0.717, 1.165) is 16.7 Å². The van der Waals surface area contributed by atoms with E-state index in [2.05, 4.69) is 20.8 Å². The number of hydrogen-bond acceptors (Lipinski definition) is 5. The van der Waals surface area contributed by atoms with Crippen LogP contribution in [0.15, 0.2) is 54.0 Å². The number of carbonyl (C=O) groups excluding carboxylic acids is 1. The normalized spacial score (nSPS) is 12.9. The molecule has 3 N–H and O–H groups in total. The average molecular weight is 500 g/mol. The number of allylic oxidation sites excluding steroid dienone is 4. The highest BCUT2D eigenvalue weighted by Crippen LogP contribution is 2.37. The predicted octanol–water partition coefficient (Wildman–Crippen LogP) is 7.25. The number of hydrogen-bond donors (Lipinski definition) is 2. The molecule has 0 radical (unpaired) electrons. The Kier molecular flexibility index (Phi) is 10.4. The quantitative estimate of drug-likeness (QED) is 0.204. The molecule has 0 aromatic heterocycles. The second-order valence-corrected chi connectivity index (χ2v) is 9.76. The molecule has 0 heterocycles. The van der Waals surface area contributed by atoms with E-state index < -0.39 is 0 Å². The third-order valence-electron chi connectivity index (χ3n) is 5.61. The molecule has 2 rings (SSSR count). The van der Waals surface area contributed by atoms with Crippen molar-refractivity contribution in [3.63, 3.8) is 0 Å². The van der Waals surface area contributed by atoms with E-state index in [1.807, 2.05) is 50.3 Å². The summed E-state index contributed by atoms with van der Waals surface area (Å²) in [6, 6.07) is 11.5. The zero-order valence-electron chi connectivity index (χ0n) is 21.7. The van der Waals surface area contributed by atoms with Crippen LogP contribution < -0.4 is 10.5 Å². The van der Waals surface area contributed by atoms with Crippen molar-refractivity contribution in [1.29, 1.82) is 0 Å². The van der Waals surface area contributed by atoms with Crippen LogP contribution in [0, 0.1) is 0 Å². The predicted molar refractivity (Wildman–Crippen MR) is 144 cm³/mol. The fourth-order valence-electron chi connectivity index (χ4n) is 3.67. The Morgan fingerprint density at radius 3 is 2.40 bits per heavy atom. The Labute approximate surface area is 214 Å². The molecule has 0 amide bonds. The van der Waals surface area contributed by atoms with Gasteiger partial charge in [0.25, 0.3) is 0 Å². The maximum atomic E-state index is 12.3. The number of aliphatic hydroxyl groups excluding tert-OH is 1. The van der Waals surface area contributed by atoms with Crippen LogP contribution in [0.2, 0.25) is 5.02 Å². The molecule has 0 unspecified atom stereocenters. The van der Waals surface area contributed by atoms with E-state index in [-0.39, 0.29) is 23.6 Å². The van der Waals surface area contributed by atoms with E-state index in [1.54, 1.807) is 13.0 Å². The van der Waals surface area contributed by atoms with Crippen molar-refractivity contribution in [3.05, 3.63) is 81.3 Å². The van der Waals surface area contributed by atoms with Crippen molar-refractivity contribution in [3.8, 4) is 5.75 Å². The molecule has 0 aliphatic heterocycles. The molecule has 2 aromatic carbocycles. The van der Waals surface area contributed by atoms with Crippen LogP contribution in [-0.4, -0.2) is 17.7 Å². The van der Waals surface area contributed by atoms with Crippen molar-refractivity contribution in [2.45, 2.75) is 72.8 Å². The number of aliphatic hydroxyl groups is 1. The van der Waals surface area contributed by atoms with Crippen LogP contribution in [0.1, 0.15) is 76.6 Å². The van der Waals surface area contributed by atoms with Gasteiger partial charge in [-0.25, -0.2) is 0 Å². The molecule has 6 heteroatoms. The topological polar surface area (TPSA) is 81.8 Å². The standard InChI is InChI=1S/C29H38ClNO4/c1-7-22(16-23(26(32)8-2)20-12-10-11-19(13-20)18-31)35-27-17-24(29(4,5)6)25(30)14-21(27)15-28(33)34-9-3/h10-14,16-17,32H,7-9,15,18,31H2,1-6H3/b22-16+,26-23-. The van der Waals surface area contributed by atoms with Gasteiger partial charge in [0.15, 0.2) is 0 Å². The lowest BCUT2D eigenvalue weighted by molar-refractivity contribution is -0.142. The monoisotopic (exact) mass is 499 g/mol. The third kappa shape index (κ3) is 7.87. The highest BCUT2D eigenvalue weighted by molar-refractivity contribution is 6.31. The Morgan fingerprint density at radius 1 is 1.11 bits per heavy atom. The molecular formula is C29H38ClNO4. The van der Waals surface area contributed by atoms with Gasteiger partial charge in [-0.1, -0.05) is 64.4 Å². The first-order valence-electron chi connectivity index (χ1n) is 12.1. The SMILES string of the molecule is CCOC(=O)Cc1cc(Cl)c(C(C)(C)C)cc1O/C(=C/C(=C(/O)CC)c1cccc(CN)c1)CC. The van der Waals surface area contributed by atoms with Crippen molar-refractivity contribution < 1.29 is 19.4 Å². The Bertz CT molecular complexity index is 1100. The number of nitrogens with two attached hydrogens (primary N) is 1. The van der Waals surface area contributed by atoms with Gasteiger partial charge in [0, 0.05) is 35.5 Å². The summed E-state index contributed by atoms with van der Waals surface area (Å²) in [5.74, 6) is 1.10. The highest BCUT2D eigenvalue weighted by Gasteiger charge is 2.22. The highest BCUT2D eigenvalue weighted by atomic mass is 35.5. The Balaban J connectivity index is 2.60. The number of rotatable bonds is 10. The minimum absolute atomic E-state index is 0.0474. The summed E-state index contributed by atoms with van der Waals surface area (Å²) >= 11 is 6.60. The van der Waals surface area contributed by atoms with Gasteiger partial charge < -0.3 is 20.3 Å². The van der Waals surface area contributed by atoms with Crippen LogP contribution in [0.3, 0.4) is 0 Å². The molecular weight excluding hydrogens is 462 g/mol. The molecule has 0 saturated carbocycles. The van der Waals surface area contributed by atoms with E-state index in [9.17, 15) is 9.90 Å². The lowest BCUT2D eigenvalue weighted by atomic mass is 9.86. The second-order valence-electron chi connectivity index (χ2n) is 9.36. The van der Waals surface area contributed by atoms with E-state index in [0.29, 0.717) is 53.7 Å². The lowest BCUT2D eigenvalue weighted by Crippen LogP contribution is -2.14. The molecule has 0 aliphatic rings. The fraction of sp³-hybridized carbons (Fsp3) is 0.414. The smallest absolute Gasteiger partial charge is 0.310 e. The molecule has 0 aliphatic carbocycles. The average Bonchev–Trinajstić information content (AvgIpc) is 2.81. The van der Waals surface area contributed by atoms with E-state index >= 15 is 0 Å². The summed E-state index contributed by atoms with van der Waals surface area (Å²) in [5.41, 5.74) is 9.69. The van der Waals surface area contributed by atoms with Crippen LogP contribution in [-0.2, 0) is 27.9 Å². The molecule has 0 atom stereocenters. The molecule has 0 saturated heterocycles. The fourth-order valence-corrected chi connectivity index (χ4v) is 4.14. The number of ether oxygens (including phenoxy) is 2. The maximum absolute atomic E-state index is 12.3. The van der Waals surface area contributed by atoms with Crippen molar-refractivity contribution in [2.24, 2.45) is 5.73 Å². The first kappa shape index (κ1) is 28.5. The van der Waals surface area contributed by atoms with E-state index in [4.69, 9.17) is 26.8 Å². The molecule has 0 bridgehead atoms. The van der Waals surface area contributed by atoms with Crippen LogP contribution in [0.5, 0.6) is 5.75 Å². The van der Waals surface area contributed by atoms with E-state index in [1.165, 1.54) is 0 Å². The molecule has 5 nitrogen and oxygen atoms in total. The summed E-state index contributed by atoms with van der Waals surface area (Å²) in [6.07, 6.45) is 2.95. The van der Waals surface area contributed by atoms with Gasteiger partial charge in [-0.2, -0.15) is 0 Å². The minimum atomic E-state index is -0.346. The van der Waals surface area contributed by atoms with Crippen molar-refractivity contribution in [2.75, 3.05) is 6.61 Å². The van der Waals surface area contributed by atoms with Gasteiger partial charge in [-0.3, -0.25) is 4.79 Å². The molecule has 190 valence electrons. The summed E-state index contributed by atoms with van der Waals surface area (Å²) in [7, 11) is 0. The van der Waals surface area contributed by atoms with Gasteiger partial charge in [0.1, 0.15) is 11.5 Å². The van der Waals surface area contributed by atoms with Gasteiger partial charge in [0.05, 0.1) is 18.8 Å². The summed E-state index contributed by atoms with van der Waals surface area (Å²) in [6.45, 7) is 12.6. The molecule has 2 aromatic rings. The summed E-state index contributed by atoms with van der Waals surface area (Å²) in [5, 5.41) is 11.3. The van der Waals surface area contributed by atoms with Gasteiger partial charge in [-0.05, 0) is 53.3 Å². The molecule has 0 fully saturated rings. The van der Waals surface area contributed by atoms with Crippen LogP contribution >= 0.6 is 11.6 Å². The van der Waals surface area contributed by atoms with Gasteiger partial charge in [-0.15, -0.1) is 0 Å². The third-order valence-corrected chi connectivity index (χ3v) is 5.93. The van der Waals surface area contributed by atoms with Crippen molar-refractivity contribution in [1.82, 2.24) is 0 Å². The number of esters is 1. The number of carbonyl (C=O) groups is 1. The van der Waals surface area contributed by atoms with Gasteiger partial charge >= 0.3 is 5.97 Å². The van der Waals surface area contributed by atoms with Gasteiger partial charge in [0.2, 0.25) is 0 Å². The zero-order chi connectivity index (χ0) is 26.2. The zero-order valence-corrected chi connectivity index (χ0v) is 22.5. The molecule has 0 spiro atoms. The largest absolute Gasteiger partial charge is 0.512 e. The first-order chi connectivity index (χ1) is 16.5. The number of halogens is 1. The lowest BCUT2D eigenvalue weighted by Gasteiger charge is -2.23. The Hall–Kier alpha value is -2.76. The Morgan fingerprint density at radius 2 is 1.83 bits per heavy atom. The van der Waals surface area contributed by atoms with Crippen molar-refractivity contribution >= 4 is 23.1 Å². The molecule has 35 heavy (non-hydrogen) atoms. The van der Waals surface area contributed by atoms with Crippen LogP contribution in [0.4, 0.5) is 0 Å². The summed E-state index contributed by atoms with van der Waals surface area (Å²) in [4.78, 5) is 12.3. The second kappa shape index (κ2) is 12.8.